The molecule has 0 unspecified atom stereocenters. The van der Waals surface area contributed by atoms with Crippen LogP contribution in [0.1, 0.15) is 5.56 Å². The van der Waals surface area contributed by atoms with Gasteiger partial charge in [-0.2, -0.15) is 0 Å². The van der Waals surface area contributed by atoms with E-state index >= 15 is 0 Å². The van der Waals surface area contributed by atoms with Gasteiger partial charge in [0.25, 0.3) is 15.9 Å². The van der Waals surface area contributed by atoms with Gasteiger partial charge in [-0.25, -0.2) is 12.8 Å². The Hall–Kier alpha value is -3.39. The molecule has 6 nitrogen and oxygen atoms in total. The van der Waals surface area contributed by atoms with Crippen molar-refractivity contribution in [2.75, 3.05) is 23.3 Å². The number of carbonyl (C=O) groups is 1. The Balaban J connectivity index is 1.61. The largest absolute Gasteiger partial charge is 0.484 e. The number of nitrogens with zero attached hydrogens (tertiary/aromatic N) is 1. The van der Waals surface area contributed by atoms with Crippen LogP contribution in [0.25, 0.3) is 0 Å². The molecule has 1 amide bonds. The SMILES string of the molecule is Cc1cccc(NC(=O)COc2ccc(N(C)S(=O)(=O)c3ccc(F)cc3)cc2)c1. The quantitative estimate of drug-likeness (QED) is 0.618. The Bertz CT molecular complexity index is 1130. The van der Waals surface area contributed by atoms with E-state index in [1.165, 1.54) is 19.2 Å². The molecular weight excluding hydrogens is 407 g/mol. The molecule has 0 aliphatic heterocycles. The molecule has 0 saturated heterocycles. The fourth-order valence-electron chi connectivity index (χ4n) is 2.72. The number of halogens is 1. The van der Waals surface area contributed by atoms with Gasteiger partial charge < -0.3 is 10.1 Å². The first-order valence-electron chi connectivity index (χ1n) is 9.09. The number of ether oxygens (including phenoxy) is 1. The number of amides is 1. The first-order chi connectivity index (χ1) is 14.3. The zero-order valence-corrected chi connectivity index (χ0v) is 17.3. The number of hydrogen-bond acceptors (Lipinski definition) is 4. The second-order valence-corrected chi connectivity index (χ2v) is 8.60. The summed E-state index contributed by atoms with van der Waals surface area (Å²) in [6.45, 7) is 1.75. The summed E-state index contributed by atoms with van der Waals surface area (Å²) in [7, 11) is -2.42. The Kier molecular flexibility index (Phi) is 6.37. The van der Waals surface area contributed by atoms with E-state index < -0.39 is 15.8 Å². The summed E-state index contributed by atoms with van der Waals surface area (Å²) < 4.78 is 44.9. The lowest BCUT2D eigenvalue weighted by Gasteiger charge is -2.20. The topological polar surface area (TPSA) is 75.7 Å². The summed E-state index contributed by atoms with van der Waals surface area (Å²) in [5.41, 5.74) is 2.12. The van der Waals surface area contributed by atoms with Gasteiger partial charge in [0, 0.05) is 12.7 Å². The normalized spacial score (nSPS) is 11.0. The summed E-state index contributed by atoms with van der Waals surface area (Å²) in [4.78, 5) is 12.0. The number of hydrogen-bond donors (Lipinski definition) is 1. The van der Waals surface area contributed by atoms with Crippen molar-refractivity contribution in [2.45, 2.75) is 11.8 Å². The van der Waals surface area contributed by atoms with E-state index in [4.69, 9.17) is 4.74 Å². The molecule has 0 fully saturated rings. The highest BCUT2D eigenvalue weighted by atomic mass is 32.2. The molecule has 0 aromatic heterocycles. The molecule has 0 radical (unpaired) electrons. The van der Waals surface area contributed by atoms with Crippen molar-refractivity contribution in [3.05, 3.63) is 84.2 Å². The predicted octanol–water partition coefficient (Wildman–Crippen LogP) is 3.98. The van der Waals surface area contributed by atoms with E-state index in [9.17, 15) is 17.6 Å². The second-order valence-electron chi connectivity index (χ2n) is 6.63. The van der Waals surface area contributed by atoms with Crippen LogP contribution in [0.15, 0.2) is 77.7 Å². The van der Waals surface area contributed by atoms with Crippen LogP contribution in [0.5, 0.6) is 5.75 Å². The number of benzene rings is 3. The minimum Gasteiger partial charge on any atom is -0.484 e. The van der Waals surface area contributed by atoms with E-state index in [2.05, 4.69) is 5.32 Å². The van der Waals surface area contributed by atoms with Crippen molar-refractivity contribution in [1.29, 1.82) is 0 Å². The Morgan fingerprint density at radius 1 is 1.03 bits per heavy atom. The van der Waals surface area contributed by atoms with Crippen molar-refractivity contribution >= 4 is 27.3 Å². The van der Waals surface area contributed by atoms with Crippen LogP contribution < -0.4 is 14.4 Å². The lowest BCUT2D eigenvalue weighted by atomic mass is 10.2. The molecule has 0 aliphatic rings. The van der Waals surface area contributed by atoms with Crippen LogP contribution in [0.3, 0.4) is 0 Å². The maximum absolute atomic E-state index is 13.1. The van der Waals surface area contributed by atoms with Crippen LogP contribution in [0.4, 0.5) is 15.8 Å². The second kappa shape index (κ2) is 8.96. The van der Waals surface area contributed by atoms with Crippen molar-refractivity contribution in [3.63, 3.8) is 0 Å². The van der Waals surface area contributed by atoms with Gasteiger partial charge in [0.2, 0.25) is 0 Å². The smallest absolute Gasteiger partial charge is 0.264 e. The van der Waals surface area contributed by atoms with Crippen molar-refractivity contribution in [3.8, 4) is 5.75 Å². The average molecular weight is 428 g/mol. The molecule has 0 spiro atoms. The molecule has 8 heteroatoms. The highest BCUT2D eigenvalue weighted by molar-refractivity contribution is 7.92. The van der Waals surface area contributed by atoms with Crippen molar-refractivity contribution < 1.29 is 22.3 Å². The Morgan fingerprint density at radius 2 is 1.70 bits per heavy atom. The Labute approximate surface area is 175 Å². The maximum atomic E-state index is 13.1. The number of aryl methyl sites for hydroxylation is 1. The van der Waals surface area contributed by atoms with Gasteiger partial charge >= 0.3 is 0 Å². The van der Waals surface area contributed by atoms with Gasteiger partial charge in [0.1, 0.15) is 11.6 Å². The molecular formula is C22H21FN2O4S. The summed E-state index contributed by atoms with van der Waals surface area (Å²) in [5, 5.41) is 2.75. The summed E-state index contributed by atoms with van der Waals surface area (Å²) in [6, 6.07) is 18.3. The third kappa shape index (κ3) is 5.15. The van der Waals surface area contributed by atoms with Crippen LogP contribution in [-0.2, 0) is 14.8 Å². The number of rotatable bonds is 7. The lowest BCUT2D eigenvalue weighted by Crippen LogP contribution is -2.26. The van der Waals surface area contributed by atoms with Gasteiger partial charge in [0.05, 0.1) is 10.6 Å². The zero-order chi connectivity index (χ0) is 21.7. The highest BCUT2D eigenvalue weighted by Crippen LogP contribution is 2.24. The van der Waals surface area contributed by atoms with Gasteiger partial charge in [0.15, 0.2) is 6.61 Å². The first-order valence-corrected chi connectivity index (χ1v) is 10.5. The van der Waals surface area contributed by atoms with E-state index in [-0.39, 0.29) is 17.4 Å². The molecule has 30 heavy (non-hydrogen) atoms. The number of sulfonamides is 1. The number of carbonyl (C=O) groups excluding carboxylic acids is 1. The molecule has 0 atom stereocenters. The number of nitrogens with one attached hydrogen (secondary N) is 1. The molecule has 0 aliphatic carbocycles. The third-order valence-corrected chi connectivity index (χ3v) is 6.14. The first kappa shape index (κ1) is 21.3. The van der Waals surface area contributed by atoms with Gasteiger partial charge in [-0.05, 0) is 73.2 Å². The van der Waals surface area contributed by atoms with Crippen LogP contribution in [0, 0.1) is 12.7 Å². The monoisotopic (exact) mass is 428 g/mol. The highest BCUT2D eigenvalue weighted by Gasteiger charge is 2.21. The van der Waals surface area contributed by atoms with Crippen LogP contribution >= 0.6 is 0 Å². The predicted molar refractivity (Wildman–Crippen MR) is 114 cm³/mol. The number of anilines is 2. The summed E-state index contributed by atoms with van der Waals surface area (Å²) >= 11 is 0. The average Bonchev–Trinajstić information content (AvgIpc) is 2.72. The molecule has 3 aromatic rings. The molecule has 0 heterocycles. The van der Waals surface area contributed by atoms with Gasteiger partial charge in [-0.15, -0.1) is 0 Å². The van der Waals surface area contributed by atoms with E-state index in [1.54, 1.807) is 30.3 Å². The van der Waals surface area contributed by atoms with Crippen molar-refractivity contribution in [2.24, 2.45) is 0 Å². The molecule has 156 valence electrons. The standard InChI is InChI=1S/C22H21FN2O4S/c1-16-4-3-5-18(14-16)24-22(26)15-29-20-10-8-19(9-11-20)25(2)30(27,28)21-12-6-17(23)7-13-21/h3-14H,15H2,1-2H3,(H,24,26). The van der Waals surface area contributed by atoms with E-state index in [0.29, 0.717) is 17.1 Å². The van der Waals surface area contributed by atoms with Gasteiger partial charge in [-0.1, -0.05) is 12.1 Å². The van der Waals surface area contributed by atoms with Crippen LogP contribution in [-0.4, -0.2) is 28.0 Å². The van der Waals surface area contributed by atoms with E-state index in [0.717, 1.165) is 22.0 Å². The fourth-order valence-corrected chi connectivity index (χ4v) is 3.92. The van der Waals surface area contributed by atoms with E-state index in [1.807, 2.05) is 25.1 Å². The Morgan fingerprint density at radius 3 is 2.33 bits per heavy atom. The summed E-state index contributed by atoms with van der Waals surface area (Å²) in [6.07, 6.45) is 0. The minimum atomic E-state index is -3.82. The fraction of sp³-hybridized carbons (Fsp3) is 0.136. The summed E-state index contributed by atoms with van der Waals surface area (Å²) in [5.74, 6) is -0.393. The zero-order valence-electron chi connectivity index (χ0n) is 16.5. The molecule has 1 N–H and O–H groups in total. The lowest BCUT2D eigenvalue weighted by molar-refractivity contribution is -0.118. The molecule has 3 aromatic carbocycles. The maximum Gasteiger partial charge on any atom is 0.264 e. The molecule has 0 saturated carbocycles. The van der Waals surface area contributed by atoms with Gasteiger partial charge in [-0.3, -0.25) is 9.10 Å². The molecule has 0 bridgehead atoms. The van der Waals surface area contributed by atoms with Crippen molar-refractivity contribution in [1.82, 2.24) is 0 Å². The molecule has 3 rings (SSSR count). The minimum absolute atomic E-state index is 0.0143. The third-order valence-electron chi connectivity index (χ3n) is 4.34. The van der Waals surface area contributed by atoms with Crippen LogP contribution in [0.2, 0.25) is 0 Å².